The normalized spacial score (nSPS) is 10.1. The monoisotopic (exact) mass is 214 g/mol. The molecule has 76 valence electrons. The standard InChI is InChI=1S/C10H11FO2S/c1-2-14-6-7-3-8(10(12)13)5-9(11)4-7/h3-5H,2,6H2,1H3,(H,12,13). The minimum Gasteiger partial charge on any atom is -0.478 e. The molecule has 14 heavy (non-hydrogen) atoms. The molecule has 1 aromatic rings. The van der Waals surface area contributed by atoms with Crippen molar-refractivity contribution in [3.63, 3.8) is 0 Å². The molecule has 0 amide bonds. The van der Waals surface area contributed by atoms with Gasteiger partial charge in [-0.2, -0.15) is 11.8 Å². The molecule has 0 unspecified atom stereocenters. The maximum absolute atomic E-state index is 12.9. The van der Waals surface area contributed by atoms with Crippen molar-refractivity contribution in [2.24, 2.45) is 0 Å². The average Bonchev–Trinajstić information content (AvgIpc) is 2.14. The number of aromatic carboxylic acids is 1. The Balaban J connectivity index is 2.89. The van der Waals surface area contributed by atoms with E-state index in [1.54, 1.807) is 11.8 Å². The third kappa shape index (κ3) is 3.03. The Labute approximate surface area is 86.1 Å². The van der Waals surface area contributed by atoms with E-state index < -0.39 is 11.8 Å². The highest BCUT2D eigenvalue weighted by atomic mass is 32.2. The number of hydrogen-bond donors (Lipinski definition) is 1. The first-order valence-electron chi connectivity index (χ1n) is 4.24. The van der Waals surface area contributed by atoms with Gasteiger partial charge in [0.2, 0.25) is 0 Å². The van der Waals surface area contributed by atoms with Crippen LogP contribution in [0.5, 0.6) is 0 Å². The van der Waals surface area contributed by atoms with Crippen LogP contribution >= 0.6 is 11.8 Å². The molecule has 0 aliphatic carbocycles. The number of thioether (sulfide) groups is 1. The summed E-state index contributed by atoms with van der Waals surface area (Å²) in [5.74, 6) is -0.00292. The maximum Gasteiger partial charge on any atom is 0.335 e. The van der Waals surface area contributed by atoms with Crippen molar-refractivity contribution in [3.05, 3.63) is 35.1 Å². The Morgan fingerprint density at radius 3 is 2.79 bits per heavy atom. The van der Waals surface area contributed by atoms with Crippen molar-refractivity contribution in [3.8, 4) is 0 Å². The van der Waals surface area contributed by atoms with Gasteiger partial charge < -0.3 is 5.11 Å². The molecule has 2 nitrogen and oxygen atoms in total. The predicted octanol–water partition coefficient (Wildman–Crippen LogP) is 2.78. The molecule has 0 spiro atoms. The summed E-state index contributed by atoms with van der Waals surface area (Å²) in [6, 6.07) is 3.91. The van der Waals surface area contributed by atoms with Crippen LogP contribution in [-0.4, -0.2) is 16.8 Å². The lowest BCUT2D eigenvalue weighted by Crippen LogP contribution is -1.98. The lowest BCUT2D eigenvalue weighted by atomic mass is 10.1. The molecule has 0 saturated heterocycles. The van der Waals surface area contributed by atoms with Gasteiger partial charge in [-0.05, 0) is 29.5 Å². The summed E-state index contributed by atoms with van der Waals surface area (Å²) in [6.45, 7) is 2.00. The van der Waals surface area contributed by atoms with Gasteiger partial charge >= 0.3 is 5.97 Å². The number of halogens is 1. The average molecular weight is 214 g/mol. The summed E-state index contributed by atoms with van der Waals surface area (Å²) in [6.07, 6.45) is 0. The third-order valence-electron chi connectivity index (χ3n) is 1.68. The van der Waals surface area contributed by atoms with Crippen molar-refractivity contribution in [1.29, 1.82) is 0 Å². The molecule has 0 fully saturated rings. The van der Waals surface area contributed by atoms with E-state index in [0.29, 0.717) is 11.3 Å². The highest BCUT2D eigenvalue weighted by Crippen LogP contribution is 2.15. The van der Waals surface area contributed by atoms with E-state index in [2.05, 4.69) is 0 Å². The molecule has 0 atom stereocenters. The van der Waals surface area contributed by atoms with Crippen LogP contribution in [0.1, 0.15) is 22.8 Å². The zero-order chi connectivity index (χ0) is 10.6. The van der Waals surface area contributed by atoms with Gasteiger partial charge in [-0.1, -0.05) is 6.92 Å². The number of carbonyl (C=O) groups is 1. The molecule has 0 radical (unpaired) electrons. The first-order valence-corrected chi connectivity index (χ1v) is 5.39. The van der Waals surface area contributed by atoms with E-state index in [9.17, 15) is 9.18 Å². The summed E-state index contributed by atoms with van der Waals surface area (Å²) in [5, 5.41) is 8.69. The van der Waals surface area contributed by atoms with Gasteiger partial charge in [-0.25, -0.2) is 9.18 Å². The fourth-order valence-corrected chi connectivity index (χ4v) is 1.68. The number of carboxylic acid groups (broad SMARTS) is 1. The largest absolute Gasteiger partial charge is 0.478 e. The van der Waals surface area contributed by atoms with Crippen LogP contribution < -0.4 is 0 Å². The van der Waals surface area contributed by atoms with Crippen LogP contribution in [0.2, 0.25) is 0 Å². The van der Waals surface area contributed by atoms with Gasteiger partial charge in [0, 0.05) is 5.75 Å². The zero-order valence-electron chi connectivity index (χ0n) is 7.79. The number of hydrogen-bond acceptors (Lipinski definition) is 2. The SMILES string of the molecule is CCSCc1cc(F)cc(C(=O)O)c1. The number of benzene rings is 1. The molecule has 0 heterocycles. The zero-order valence-corrected chi connectivity index (χ0v) is 8.60. The van der Waals surface area contributed by atoms with Crippen molar-refractivity contribution >= 4 is 17.7 Å². The summed E-state index contributed by atoms with van der Waals surface area (Å²) in [5.41, 5.74) is 0.728. The van der Waals surface area contributed by atoms with Gasteiger partial charge in [-0.15, -0.1) is 0 Å². The Kier molecular flexibility index (Phi) is 3.95. The predicted molar refractivity (Wildman–Crippen MR) is 55.2 cm³/mol. The van der Waals surface area contributed by atoms with E-state index in [4.69, 9.17) is 5.11 Å². The molecule has 0 aromatic heterocycles. The molecule has 0 bridgehead atoms. The van der Waals surface area contributed by atoms with E-state index in [1.165, 1.54) is 12.1 Å². The molecular formula is C10H11FO2S. The lowest BCUT2D eigenvalue weighted by molar-refractivity contribution is 0.0696. The van der Waals surface area contributed by atoms with Gasteiger partial charge in [0.25, 0.3) is 0 Å². The van der Waals surface area contributed by atoms with Gasteiger partial charge in [-0.3, -0.25) is 0 Å². The molecule has 1 rings (SSSR count). The van der Waals surface area contributed by atoms with Crippen LogP contribution in [0.15, 0.2) is 18.2 Å². The van der Waals surface area contributed by atoms with Gasteiger partial charge in [0.1, 0.15) is 5.82 Å². The Hall–Kier alpha value is -1.03. The maximum atomic E-state index is 12.9. The van der Waals surface area contributed by atoms with Crippen molar-refractivity contribution in [2.75, 3.05) is 5.75 Å². The Morgan fingerprint density at radius 1 is 1.50 bits per heavy atom. The highest BCUT2D eigenvalue weighted by molar-refractivity contribution is 7.98. The molecule has 0 aliphatic heterocycles. The smallest absolute Gasteiger partial charge is 0.335 e. The Morgan fingerprint density at radius 2 is 2.21 bits per heavy atom. The van der Waals surface area contributed by atoms with E-state index in [-0.39, 0.29) is 5.56 Å². The van der Waals surface area contributed by atoms with Crippen LogP contribution in [0.4, 0.5) is 4.39 Å². The summed E-state index contributed by atoms with van der Waals surface area (Å²) < 4.78 is 12.9. The second-order valence-corrected chi connectivity index (χ2v) is 4.06. The fourth-order valence-electron chi connectivity index (χ4n) is 1.08. The number of rotatable bonds is 4. The molecular weight excluding hydrogens is 203 g/mol. The number of carboxylic acids is 1. The van der Waals surface area contributed by atoms with Crippen LogP contribution in [-0.2, 0) is 5.75 Å². The van der Waals surface area contributed by atoms with Crippen LogP contribution in [0.3, 0.4) is 0 Å². The highest BCUT2D eigenvalue weighted by Gasteiger charge is 2.06. The molecule has 1 aromatic carbocycles. The summed E-state index contributed by atoms with van der Waals surface area (Å²) >= 11 is 1.63. The molecule has 0 saturated carbocycles. The van der Waals surface area contributed by atoms with Crippen LogP contribution in [0, 0.1) is 5.82 Å². The second kappa shape index (κ2) is 5.00. The minimum absolute atomic E-state index is 0.0108. The van der Waals surface area contributed by atoms with Crippen molar-refractivity contribution < 1.29 is 14.3 Å². The van der Waals surface area contributed by atoms with E-state index >= 15 is 0 Å². The van der Waals surface area contributed by atoms with E-state index in [0.717, 1.165) is 11.8 Å². The first kappa shape index (κ1) is 11.0. The first-order chi connectivity index (χ1) is 6.63. The third-order valence-corrected chi connectivity index (χ3v) is 2.62. The molecule has 0 aliphatic rings. The van der Waals surface area contributed by atoms with Gasteiger partial charge in [0.15, 0.2) is 0 Å². The molecule has 4 heteroatoms. The summed E-state index contributed by atoms with van der Waals surface area (Å²) in [4.78, 5) is 10.6. The van der Waals surface area contributed by atoms with Crippen molar-refractivity contribution in [2.45, 2.75) is 12.7 Å². The Bertz CT molecular complexity index is 339. The van der Waals surface area contributed by atoms with Crippen LogP contribution in [0.25, 0.3) is 0 Å². The fraction of sp³-hybridized carbons (Fsp3) is 0.300. The lowest BCUT2D eigenvalue weighted by Gasteiger charge is -2.02. The second-order valence-electron chi connectivity index (χ2n) is 2.79. The quantitative estimate of drug-likeness (QED) is 0.837. The van der Waals surface area contributed by atoms with E-state index in [1.807, 2.05) is 6.92 Å². The van der Waals surface area contributed by atoms with Crippen molar-refractivity contribution in [1.82, 2.24) is 0 Å². The molecule has 1 N–H and O–H groups in total. The topological polar surface area (TPSA) is 37.3 Å². The minimum atomic E-state index is -1.09. The summed E-state index contributed by atoms with van der Waals surface area (Å²) in [7, 11) is 0. The van der Waals surface area contributed by atoms with Gasteiger partial charge in [0.05, 0.1) is 5.56 Å².